The van der Waals surface area contributed by atoms with Gasteiger partial charge in [-0.3, -0.25) is 0 Å². The lowest BCUT2D eigenvalue weighted by Crippen LogP contribution is -2.30. The highest BCUT2D eigenvalue weighted by Crippen LogP contribution is 2.48. The molecule has 2 saturated carbocycles. The second-order valence-corrected chi connectivity index (χ2v) is 9.64. The molecule has 0 bridgehead atoms. The van der Waals surface area contributed by atoms with Crippen molar-refractivity contribution in [1.82, 2.24) is 0 Å². The molecule has 4 atom stereocenters. The fourth-order valence-electron chi connectivity index (χ4n) is 5.71. The fraction of sp³-hybridized carbons (Fsp3) is 0.448. The van der Waals surface area contributed by atoms with Crippen molar-refractivity contribution in [3.63, 3.8) is 0 Å². The van der Waals surface area contributed by atoms with Crippen LogP contribution in [-0.4, -0.2) is 0 Å². The molecule has 0 aromatic heterocycles. The van der Waals surface area contributed by atoms with E-state index in [-0.39, 0.29) is 5.56 Å². The third-order valence-corrected chi connectivity index (χ3v) is 7.51. The van der Waals surface area contributed by atoms with Gasteiger partial charge in [-0.25, -0.2) is 4.39 Å². The molecule has 0 heterocycles. The zero-order chi connectivity index (χ0) is 23.4. The van der Waals surface area contributed by atoms with E-state index >= 15 is 0 Å². The molecule has 0 radical (unpaired) electrons. The van der Waals surface area contributed by atoms with Crippen LogP contribution in [0.5, 0.6) is 0 Å². The Bertz CT molecular complexity index is 1020. The summed E-state index contributed by atoms with van der Waals surface area (Å²) in [5.74, 6) is 7.58. The minimum atomic E-state index is -4.70. The lowest BCUT2D eigenvalue weighted by molar-refractivity contribution is -0.140. The van der Waals surface area contributed by atoms with Gasteiger partial charge in [-0.1, -0.05) is 36.5 Å². The molecular formula is C29H30F4. The summed E-state index contributed by atoms with van der Waals surface area (Å²) in [6, 6.07) is 11.0. The Kier molecular flexibility index (Phi) is 7.27. The molecular weight excluding hydrogens is 424 g/mol. The van der Waals surface area contributed by atoms with Crippen molar-refractivity contribution in [2.24, 2.45) is 17.8 Å². The second-order valence-electron chi connectivity index (χ2n) is 9.64. The normalized spacial score (nSPS) is 25.0. The molecule has 174 valence electrons. The Hall–Kier alpha value is -2.54. The van der Waals surface area contributed by atoms with Crippen molar-refractivity contribution in [2.75, 3.05) is 0 Å². The molecule has 0 amide bonds. The summed E-state index contributed by atoms with van der Waals surface area (Å²) in [5.41, 5.74) is 1.08. The molecule has 0 saturated heterocycles. The van der Waals surface area contributed by atoms with Gasteiger partial charge in [0.15, 0.2) is 0 Å². The van der Waals surface area contributed by atoms with Crippen LogP contribution in [-0.2, 0) is 6.18 Å². The van der Waals surface area contributed by atoms with Gasteiger partial charge >= 0.3 is 6.18 Å². The van der Waals surface area contributed by atoms with Crippen molar-refractivity contribution < 1.29 is 17.6 Å². The maximum atomic E-state index is 13.7. The SMILES string of the molecule is C=CCCC1CCC2CC(c3ccc(C#Cc4ccc(C(F)(F)F)c(F)c4)cc3)CCC2C1. The first-order chi connectivity index (χ1) is 15.8. The van der Waals surface area contributed by atoms with Gasteiger partial charge in [0.1, 0.15) is 5.82 Å². The first-order valence-electron chi connectivity index (χ1n) is 11.9. The van der Waals surface area contributed by atoms with Crippen molar-refractivity contribution >= 4 is 0 Å². The fourth-order valence-corrected chi connectivity index (χ4v) is 5.71. The monoisotopic (exact) mass is 454 g/mol. The van der Waals surface area contributed by atoms with Gasteiger partial charge in [0.25, 0.3) is 0 Å². The number of fused-ring (bicyclic) bond motifs is 1. The lowest BCUT2D eigenvalue weighted by atomic mass is 9.63. The van der Waals surface area contributed by atoms with Crippen LogP contribution in [0.15, 0.2) is 55.1 Å². The van der Waals surface area contributed by atoms with Gasteiger partial charge in [-0.15, -0.1) is 6.58 Å². The molecule has 2 aliphatic carbocycles. The molecule has 4 unspecified atom stereocenters. The van der Waals surface area contributed by atoms with Gasteiger partial charge in [0.2, 0.25) is 0 Å². The molecule has 2 aromatic rings. The summed E-state index contributed by atoms with van der Waals surface area (Å²) in [7, 11) is 0. The van der Waals surface area contributed by atoms with E-state index in [9.17, 15) is 17.6 Å². The molecule has 2 aromatic carbocycles. The minimum Gasteiger partial charge on any atom is -0.206 e. The third-order valence-electron chi connectivity index (χ3n) is 7.51. The highest BCUT2D eigenvalue weighted by Gasteiger charge is 2.36. The first-order valence-corrected chi connectivity index (χ1v) is 11.9. The van der Waals surface area contributed by atoms with Crippen LogP contribution in [0.1, 0.15) is 79.5 Å². The van der Waals surface area contributed by atoms with Crippen LogP contribution in [0.3, 0.4) is 0 Å². The maximum absolute atomic E-state index is 13.7. The summed E-state index contributed by atoms with van der Waals surface area (Å²) < 4.78 is 51.8. The smallest absolute Gasteiger partial charge is 0.206 e. The number of benzene rings is 2. The zero-order valence-electron chi connectivity index (χ0n) is 18.8. The number of allylic oxidation sites excluding steroid dienone is 1. The Morgan fingerprint density at radius 1 is 0.879 bits per heavy atom. The second kappa shape index (κ2) is 10.2. The van der Waals surface area contributed by atoms with E-state index in [2.05, 4.69) is 30.6 Å². The summed E-state index contributed by atoms with van der Waals surface area (Å²) >= 11 is 0. The average molecular weight is 455 g/mol. The average Bonchev–Trinajstić information content (AvgIpc) is 2.80. The van der Waals surface area contributed by atoms with Gasteiger partial charge < -0.3 is 0 Å². The highest BCUT2D eigenvalue weighted by molar-refractivity contribution is 5.45. The first kappa shape index (κ1) is 23.6. The predicted octanol–water partition coefficient (Wildman–Crippen LogP) is 8.51. The molecule has 0 nitrogen and oxygen atoms in total. The quantitative estimate of drug-likeness (QED) is 0.247. The summed E-state index contributed by atoms with van der Waals surface area (Å²) in [4.78, 5) is 0. The Morgan fingerprint density at radius 2 is 1.55 bits per heavy atom. The molecule has 0 N–H and O–H groups in total. The number of halogens is 4. The van der Waals surface area contributed by atoms with Crippen molar-refractivity contribution in [3.8, 4) is 11.8 Å². The van der Waals surface area contributed by atoms with E-state index in [0.717, 1.165) is 41.9 Å². The van der Waals surface area contributed by atoms with Crippen molar-refractivity contribution in [2.45, 2.75) is 63.5 Å². The van der Waals surface area contributed by atoms with Crippen molar-refractivity contribution in [3.05, 3.63) is 83.2 Å². The predicted molar refractivity (Wildman–Crippen MR) is 124 cm³/mol. The molecule has 4 heteroatoms. The number of alkyl halides is 3. The summed E-state index contributed by atoms with van der Waals surface area (Å²) in [5, 5.41) is 0. The maximum Gasteiger partial charge on any atom is 0.419 e. The number of rotatable bonds is 4. The van der Waals surface area contributed by atoms with Crippen LogP contribution in [0.2, 0.25) is 0 Å². The van der Waals surface area contributed by atoms with Gasteiger partial charge in [-0.2, -0.15) is 13.2 Å². The topological polar surface area (TPSA) is 0 Å². The van der Waals surface area contributed by atoms with E-state index < -0.39 is 17.6 Å². The van der Waals surface area contributed by atoms with Gasteiger partial charge in [0.05, 0.1) is 5.56 Å². The number of hydrogen-bond acceptors (Lipinski definition) is 0. The molecule has 0 spiro atoms. The molecule has 4 rings (SSSR count). The van der Waals surface area contributed by atoms with Crippen LogP contribution >= 0.6 is 0 Å². The third kappa shape index (κ3) is 5.88. The zero-order valence-corrected chi connectivity index (χ0v) is 18.8. The minimum absolute atomic E-state index is 0.228. The molecule has 2 fully saturated rings. The lowest BCUT2D eigenvalue weighted by Gasteiger charge is -2.42. The van der Waals surface area contributed by atoms with Crippen LogP contribution in [0.4, 0.5) is 17.6 Å². The van der Waals surface area contributed by atoms with Crippen molar-refractivity contribution in [1.29, 1.82) is 0 Å². The van der Waals surface area contributed by atoms with E-state index in [0.29, 0.717) is 5.92 Å². The standard InChI is InChI=1S/C29H30F4/c1-2-3-4-21-9-13-26-19-25(15-14-24(26)17-21)23-11-7-20(8-12-23)5-6-22-10-16-27(28(30)18-22)29(31,32)33/h2,7-8,10-12,16,18,21,24-26H,1,3-4,9,13-15,17,19H2. The van der Waals surface area contributed by atoms with E-state index in [1.807, 2.05) is 18.2 Å². The van der Waals surface area contributed by atoms with Crippen LogP contribution < -0.4 is 0 Å². The molecule has 2 aliphatic rings. The van der Waals surface area contributed by atoms with Gasteiger partial charge in [0, 0.05) is 11.1 Å². The Labute approximate surface area is 194 Å². The Morgan fingerprint density at radius 3 is 2.24 bits per heavy atom. The Balaban J connectivity index is 1.36. The summed E-state index contributed by atoms with van der Waals surface area (Å²) in [6.45, 7) is 3.86. The van der Waals surface area contributed by atoms with Crippen LogP contribution in [0, 0.1) is 35.4 Å². The van der Waals surface area contributed by atoms with E-state index in [4.69, 9.17) is 0 Å². The molecule has 0 aliphatic heterocycles. The highest BCUT2D eigenvalue weighted by atomic mass is 19.4. The largest absolute Gasteiger partial charge is 0.419 e. The molecule has 33 heavy (non-hydrogen) atoms. The van der Waals surface area contributed by atoms with E-state index in [1.165, 1.54) is 56.6 Å². The van der Waals surface area contributed by atoms with Crippen LogP contribution in [0.25, 0.3) is 0 Å². The number of hydrogen-bond donors (Lipinski definition) is 0. The summed E-state index contributed by atoms with van der Waals surface area (Å²) in [6.07, 6.45) is 7.63. The van der Waals surface area contributed by atoms with E-state index in [1.54, 1.807) is 0 Å². The van der Waals surface area contributed by atoms with Gasteiger partial charge in [-0.05, 0) is 105 Å².